The van der Waals surface area contributed by atoms with Crippen LogP contribution in [0.4, 0.5) is 0 Å². The van der Waals surface area contributed by atoms with E-state index in [1.165, 1.54) is 0 Å². The van der Waals surface area contributed by atoms with Crippen molar-refractivity contribution in [3.8, 4) is 11.8 Å². The Kier molecular flexibility index (Phi) is 5.40. The summed E-state index contributed by atoms with van der Waals surface area (Å²) in [5.74, 6) is 0.841. The lowest BCUT2D eigenvalue weighted by Crippen LogP contribution is -2.44. The highest BCUT2D eigenvalue weighted by Crippen LogP contribution is 2.28. The van der Waals surface area contributed by atoms with Gasteiger partial charge < -0.3 is 15.4 Å². The number of amides is 1. The van der Waals surface area contributed by atoms with Crippen molar-refractivity contribution < 1.29 is 9.53 Å². The molecule has 0 saturated carbocycles. The number of nitrogens with zero attached hydrogens (tertiary/aromatic N) is 2. The summed E-state index contributed by atoms with van der Waals surface area (Å²) in [4.78, 5) is 14.2. The lowest BCUT2D eigenvalue weighted by Gasteiger charge is -2.36. The molecule has 1 atom stereocenters. The molecule has 1 fully saturated rings. The maximum atomic E-state index is 12.4. The van der Waals surface area contributed by atoms with E-state index in [4.69, 9.17) is 10.5 Å². The van der Waals surface area contributed by atoms with Crippen LogP contribution in [0.1, 0.15) is 25.3 Å². The Morgan fingerprint density at radius 3 is 2.82 bits per heavy atom. The first-order chi connectivity index (χ1) is 10.6. The molecule has 0 aromatic heterocycles. The first-order valence-electron chi connectivity index (χ1n) is 7.67. The first-order valence-corrected chi connectivity index (χ1v) is 7.67. The monoisotopic (exact) mass is 301 g/mol. The van der Waals surface area contributed by atoms with Gasteiger partial charge in [0.1, 0.15) is 12.4 Å². The number of hydrogen-bond acceptors (Lipinski definition) is 4. The van der Waals surface area contributed by atoms with Crippen LogP contribution in [0, 0.1) is 16.7 Å². The van der Waals surface area contributed by atoms with Crippen LogP contribution in [0.25, 0.3) is 0 Å². The maximum absolute atomic E-state index is 12.4. The Hall–Kier alpha value is -2.06. The zero-order valence-electron chi connectivity index (χ0n) is 13.0. The fourth-order valence-corrected chi connectivity index (χ4v) is 2.71. The summed E-state index contributed by atoms with van der Waals surface area (Å²) < 4.78 is 5.42. The zero-order valence-corrected chi connectivity index (χ0v) is 13.0. The van der Waals surface area contributed by atoms with E-state index in [1.54, 1.807) is 0 Å². The van der Waals surface area contributed by atoms with Crippen LogP contribution in [0.5, 0.6) is 5.75 Å². The van der Waals surface area contributed by atoms with Gasteiger partial charge in [-0.25, -0.2) is 0 Å². The topological polar surface area (TPSA) is 79.3 Å². The number of nitrogens with two attached hydrogens (primary N) is 1. The molecule has 0 bridgehead atoms. The number of benzene rings is 1. The van der Waals surface area contributed by atoms with E-state index in [9.17, 15) is 10.1 Å². The van der Waals surface area contributed by atoms with Crippen molar-refractivity contribution in [2.45, 2.75) is 26.2 Å². The molecule has 2 N–H and O–H groups in total. The molecule has 1 aliphatic rings. The summed E-state index contributed by atoms with van der Waals surface area (Å²) in [6, 6.07) is 9.85. The van der Waals surface area contributed by atoms with E-state index in [-0.39, 0.29) is 5.91 Å². The Morgan fingerprint density at radius 1 is 1.45 bits per heavy atom. The van der Waals surface area contributed by atoms with E-state index in [1.807, 2.05) is 36.1 Å². The van der Waals surface area contributed by atoms with Gasteiger partial charge in [0, 0.05) is 19.6 Å². The lowest BCUT2D eigenvalue weighted by molar-refractivity contribution is -0.132. The number of ether oxygens (including phenoxy) is 1. The second kappa shape index (κ2) is 7.28. The van der Waals surface area contributed by atoms with Gasteiger partial charge in [-0.2, -0.15) is 5.26 Å². The molecule has 22 heavy (non-hydrogen) atoms. The molecule has 1 aliphatic heterocycles. The van der Waals surface area contributed by atoms with E-state index in [0.717, 1.165) is 30.7 Å². The largest absolute Gasteiger partial charge is 0.492 e. The average Bonchev–Trinajstić information content (AvgIpc) is 2.54. The summed E-state index contributed by atoms with van der Waals surface area (Å²) >= 11 is 0. The molecule has 1 aromatic rings. The predicted molar refractivity (Wildman–Crippen MR) is 84.2 cm³/mol. The molecule has 1 amide bonds. The van der Waals surface area contributed by atoms with E-state index >= 15 is 0 Å². The second-order valence-corrected chi connectivity index (χ2v) is 6.05. The van der Waals surface area contributed by atoms with E-state index < -0.39 is 5.41 Å². The summed E-state index contributed by atoms with van der Waals surface area (Å²) in [5, 5.41) is 9.23. The Morgan fingerprint density at radius 2 is 2.18 bits per heavy atom. The molecule has 118 valence electrons. The lowest BCUT2D eigenvalue weighted by atomic mass is 9.83. The number of carbonyl (C=O) groups excluding carboxylic acids is 1. The van der Waals surface area contributed by atoms with Crippen molar-refractivity contribution in [2.24, 2.45) is 11.1 Å². The van der Waals surface area contributed by atoms with E-state index in [2.05, 4.69) is 6.07 Å². The minimum Gasteiger partial charge on any atom is -0.492 e. The van der Waals surface area contributed by atoms with Gasteiger partial charge in [0.2, 0.25) is 5.91 Å². The van der Waals surface area contributed by atoms with Crippen molar-refractivity contribution in [3.05, 3.63) is 29.8 Å². The quantitative estimate of drug-likeness (QED) is 0.898. The van der Waals surface area contributed by atoms with Gasteiger partial charge in [0.15, 0.2) is 0 Å². The normalized spacial score (nSPS) is 21.2. The number of nitriles is 1. The highest BCUT2D eigenvalue weighted by atomic mass is 16.5. The first kappa shape index (κ1) is 16.3. The van der Waals surface area contributed by atoms with Gasteiger partial charge in [-0.1, -0.05) is 12.1 Å². The Balaban J connectivity index is 1.93. The number of hydrogen-bond donors (Lipinski definition) is 1. The predicted octanol–water partition coefficient (Wildman–Crippen LogP) is 1.72. The van der Waals surface area contributed by atoms with Gasteiger partial charge >= 0.3 is 0 Å². The molecule has 5 nitrogen and oxygen atoms in total. The number of likely N-dealkylation sites (tertiary alicyclic amines) is 1. The van der Waals surface area contributed by atoms with Gasteiger partial charge in [-0.3, -0.25) is 4.79 Å². The highest BCUT2D eigenvalue weighted by Gasteiger charge is 2.32. The summed E-state index contributed by atoms with van der Waals surface area (Å²) in [7, 11) is 0. The van der Waals surface area contributed by atoms with Gasteiger partial charge in [-0.15, -0.1) is 0 Å². The van der Waals surface area contributed by atoms with Crippen molar-refractivity contribution in [1.82, 2.24) is 4.90 Å². The van der Waals surface area contributed by atoms with Gasteiger partial charge in [-0.05, 0) is 37.5 Å². The van der Waals surface area contributed by atoms with Crippen LogP contribution in [-0.4, -0.2) is 37.0 Å². The third-order valence-electron chi connectivity index (χ3n) is 3.98. The number of piperidine rings is 1. The summed E-state index contributed by atoms with van der Waals surface area (Å²) in [6.07, 6.45) is 2.11. The molecule has 0 radical (unpaired) electrons. The summed E-state index contributed by atoms with van der Waals surface area (Å²) in [5.41, 5.74) is 5.93. The van der Waals surface area contributed by atoms with Crippen LogP contribution >= 0.6 is 0 Å². The average molecular weight is 301 g/mol. The van der Waals surface area contributed by atoms with Crippen LogP contribution < -0.4 is 10.5 Å². The molecule has 0 spiro atoms. The molecule has 1 saturated heterocycles. The van der Waals surface area contributed by atoms with Crippen LogP contribution in [0.15, 0.2) is 24.3 Å². The summed E-state index contributed by atoms with van der Waals surface area (Å²) in [6.45, 7) is 4.16. The Bertz CT molecular complexity index is 550. The molecule has 5 heteroatoms. The van der Waals surface area contributed by atoms with Crippen molar-refractivity contribution in [1.29, 1.82) is 5.26 Å². The zero-order chi connectivity index (χ0) is 16.0. The molecule has 1 aromatic carbocycles. The van der Waals surface area contributed by atoms with Crippen molar-refractivity contribution >= 4 is 5.91 Å². The fraction of sp³-hybridized carbons (Fsp3) is 0.529. The molecule has 1 unspecified atom stereocenters. The van der Waals surface area contributed by atoms with Crippen molar-refractivity contribution in [2.75, 3.05) is 26.2 Å². The molecule has 1 heterocycles. The molecule has 2 rings (SSSR count). The standard InChI is InChI=1S/C17H23N3O2/c1-17(12-19)7-2-9-20(13-17)16(21)11-14-3-5-15(6-4-14)22-10-8-18/h3-6H,2,7-11,13,18H2,1H3. The minimum absolute atomic E-state index is 0.0804. The van der Waals surface area contributed by atoms with E-state index in [0.29, 0.717) is 26.1 Å². The van der Waals surface area contributed by atoms with Gasteiger partial charge in [0.25, 0.3) is 0 Å². The van der Waals surface area contributed by atoms with Crippen LogP contribution in [-0.2, 0) is 11.2 Å². The SMILES string of the molecule is CC1(C#N)CCCN(C(=O)Cc2ccc(OCCN)cc2)C1. The van der Waals surface area contributed by atoms with Gasteiger partial charge in [0.05, 0.1) is 17.9 Å². The second-order valence-electron chi connectivity index (χ2n) is 6.05. The molecule has 0 aliphatic carbocycles. The smallest absolute Gasteiger partial charge is 0.227 e. The third-order valence-corrected chi connectivity index (χ3v) is 3.98. The minimum atomic E-state index is -0.409. The molecular formula is C17H23N3O2. The van der Waals surface area contributed by atoms with Crippen LogP contribution in [0.2, 0.25) is 0 Å². The highest BCUT2D eigenvalue weighted by molar-refractivity contribution is 5.79. The fourth-order valence-electron chi connectivity index (χ4n) is 2.71. The number of carbonyl (C=O) groups is 1. The molecular weight excluding hydrogens is 278 g/mol. The third kappa shape index (κ3) is 4.22. The Labute approximate surface area is 131 Å². The number of rotatable bonds is 5. The van der Waals surface area contributed by atoms with Crippen molar-refractivity contribution in [3.63, 3.8) is 0 Å². The van der Waals surface area contributed by atoms with Crippen LogP contribution in [0.3, 0.4) is 0 Å². The maximum Gasteiger partial charge on any atom is 0.227 e.